The van der Waals surface area contributed by atoms with Crippen molar-refractivity contribution >= 4 is 17.5 Å². The number of hydrogen-bond acceptors (Lipinski definition) is 3. The van der Waals surface area contributed by atoms with Gasteiger partial charge in [0.1, 0.15) is 0 Å². The van der Waals surface area contributed by atoms with Crippen LogP contribution in [0.5, 0.6) is 0 Å². The predicted molar refractivity (Wildman–Crippen MR) is 114 cm³/mol. The van der Waals surface area contributed by atoms with Crippen LogP contribution in [0.4, 0.5) is 0 Å². The fourth-order valence-electron chi connectivity index (χ4n) is 4.24. The van der Waals surface area contributed by atoms with Gasteiger partial charge < -0.3 is 10.2 Å². The maximum atomic E-state index is 13.0. The normalized spacial score (nSPS) is 20.5. The zero-order valence-electron chi connectivity index (χ0n) is 16.2. The van der Waals surface area contributed by atoms with Crippen molar-refractivity contribution in [3.8, 4) is 0 Å². The summed E-state index contributed by atoms with van der Waals surface area (Å²) in [5, 5.41) is 4.20. The average Bonchev–Trinajstić information content (AvgIpc) is 3.21. The lowest BCUT2D eigenvalue weighted by Gasteiger charge is -2.35. The van der Waals surface area contributed by atoms with Crippen LogP contribution in [-0.4, -0.2) is 55.0 Å². The topological polar surface area (TPSA) is 35.6 Å². The van der Waals surface area contributed by atoms with Gasteiger partial charge in [0.15, 0.2) is 0 Å². The second-order valence-corrected chi connectivity index (χ2v) is 8.40. The molecule has 2 heterocycles. The van der Waals surface area contributed by atoms with Crippen LogP contribution in [0.25, 0.3) is 0 Å². The second-order valence-electron chi connectivity index (χ2n) is 7.96. The summed E-state index contributed by atoms with van der Waals surface area (Å²) in [6.07, 6.45) is 2.29. The molecule has 0 aliphatic carbocycles. The molecule has 148 valence electrons. The Morgan fingerprint density at radius 2 is 1.82 bits per heavy atom. The molecule has 0 radical (unpaired) electrons. The highest BCUT2D eigenvalue weighted by atomic mass is 35.5. The first kappa shape index (κ1) is 19.4. The molecule has 2 aromatic carbocycles. The number of hydrogen-bond donors (Lipinski definition) is 1. The Hall–Kier alpha value is -1.88. The minimum absolute atomic E-state index is 0.161. The van der Waals surface area contributed by atoms with Crippen LogP contribution in [0.2, 0.25) is 5.02 Å². The van der Waals surface area contributed by atoms with E-state index in [9.17, 15) is 4.79 Å². The summed E-state index contributed by atoms with van der Waals surface area (Å²) in [5.74, 6) is 0.856. The van der Waals surface area contributed by atoms with Crippen LogP contribution >= 0.6 is 11.6 Å². The smallest absolute Gasteiger partial charge is 0.253 e. The van der Waals surface area contributed by atoms with E-state index in [0.717, 1.165) is 62.8 Å². The highest BCUT2D eigenvalue weighted by Crippen LogP contribution is 2.18. The van der Waals surface area contributed by atoms with E-state index in [4.69, 9.17) is 11.6 Å². The Morgan fingerprint density at radius 3 is 2.57 bits per heavy atom. The van der Waals surface area contributed by atoms with Crippen molar-refractivity contribution in [1.82, 2.24) is 15.1 Å². The Morgan fingerprint density at radius 1 is 1.04 bits per heavy atom. The highest BCUT2D eigenvalue weighted by Gasteiger charge is 2.23. The van der Waals surface area contributed by atoms with Crippen molar-refractivity contribution in [2.24, 2.45) is 5.92 Å². The molecule has 2 aliphatic rings. The van der Waals surface area contributed by atoms with Gasteiger partial charge in [-0.15, -0.1) is 0 Å². The molecule has 5 heteroatoms. The molecule has 2 saturated heterocycles. The number of benzene rings is 2. The van der Waals surface area contributed by atoms with Gasteiger partial charge in [-0.2, -0.15) is 0 Å². The molecule has 1 amide bonds. The van der Waals surface area contributed by atoms with Gasteiger partial charge in [-0.3, -0.25) is 9.69 Å². The Labute approximate surface area is 172 Å². The van der Waals surface area contributed by atoms with Gasteiger partial charge in [0.2, 0.25) is 0 Å². The van der Waals surface area contributed by atoms with Gasteiger partial charge in [-0.1, -0.05) is 35.9 Å². The molecule has 2 aliphatic heterocycles. The lowest BCUT2D eigenvalue weighted by molar-refractivity contribution is 0.0628. The molecule has 0 saturated carbocycles. The molecule has 2 fully saturated rings. The first-order valence-electron chi connectivity index (χ1n) is 10.2. The molecule has 28 heavy (non-hydrogen) atoms. The van der Waals surface area contributed by atoms with E-state index in [1.54, 1.807) is 0 Å². The van der Waals surface area contributed by atoms with E-state index in [2.05, 4.69) is 28.4 Å². The Balaban J connectivity index is 1.32. The van der Waals surface area contributed by atoms with Crippen molar-refractivity contribution in [2.45, 2.75) is 19.4 Å². The van der Waals surface area contributed by atoms with Crippen molar-refractivity contribution in [2.75, 3.05) is 39.3 Å². The number of piperazine rings is 1. The van der Waals surface area contributed by atoms with E-state index >= 15 is 0 Å². The van der Waals surface area contributed by atoms with E-state index in [1.165, 1.54) is 17.5 Å². The minimum Gasteiger partial charge on any atom is -0.336 e. The SMILES string of the molecule is O=C(c1cccc(CC2CCNC2)c1)N1CCN(Cc2cccc(Cl)c2)CC1. The highest BCUT2D eigenvalue weighted by molar-refractivity contribution is 6.30. The molecule has 1 atom stereocenters. The summed E-state index contributed by atoms with van der Waals surface area (Å²) in [5.41, 5.74) is 3.33. The lowest BCUT2D eigenvalue weighted by atomic mass is 9.97. The number of nitrogens with zero attached hydrogens (tertiary/aromatic N) is 2. The summed E-state index contributed by atoms with van der Waals surface area (Å²) in [6, 6.07) is 16.2. The second kappa shape index (κ2) is 9.08. The van der Waals surface area contributed by atoms with Crippen LogP contribution in [0.1, 0.15) is 27.9 Å². The molecule has 1 unspecified atom stereocenters. The molecule has 0 spiro atoms. The number of rotatable bonds is 5. The third-order valence-electron chi connectivity index (χ3n) is 5.82. The van der Waals surface area contributed by atoms with E-state index in [-0.39, 0.29) is 5.91 Å². The molecule has 4 rings (SSSR count). The average molecular weight is 398 g/mol. The Bertz CT molecular complexity index is 811. The summed E-state index contributed by atoms with van der Waals surface area (Å²) in [7, 11) is 0. The molecular formula is C23H28ClN3O. The third kappa shape index (κ3) is 4.93. The number of carbonyl (C=O) groups is 1. The molecule has 4 nitrogen and oxygen atoms in total. The zero-order chi connectivity index (χ0) is 19.3. The van der Waals surface area contributed by atoms with Crippen LogP contribution in [0, 0.1) is 5.92 Å². The number of halogens is 1. The van der Waals surface area contributed by atoms with Gasteiger partial charge in [0, 0.05) is 43.3 Å². The van der Waals surface area contributed by atoms with E-state index < -0.39 is 0 Å². The standard InChI is InChI=1S/C23H28ClN3O/c24-22-6-2-4-20(15-22)17-26-9-11-27(12-10-26)23(28)21-5-1-3-18(14-21)13-19-7-8-25-16-19/h1-6,14-15,19,25H,7-13,16-17H2. The van der Waals surface area contributed by atoms with Crippen LogP contribution in [0.15, 0.2) is 48.5 Å². The Kier molecular flexibility index (Phi) is 6.30. The van der Waals surface area contributed by atoms with Gasteiger partial charge in [0.05, 0.1) is 0 Å². The van der Waals surface area contributed by atoms with Gasteiger partial charge in [0.25, 0.3) is 5.91 Å². The first-order chi connectivity index (χ1) is 13.7. The molecule has 0 bridgehead atoms. The fraction of sp³-hybridized carbons (Fsp3) is 0.435. The number of nitrogens with one attached hydrogen (secondary N) is 1. The minimum atomic E-state index is 0.161. The first-order valence-corrected chi connectivity index (χ1v) is 10.6. The number of amides is 1. The van der Waals surface area contributed by atoms with Gasteiger partial charge >= 0.3 is 0 Å². The third-order valence-corrected chi connectivity index (χ3v) is 6.05. The molecular weight excluding hydrogens is 370 g/mol. The van der Waals surface area contributed by atoms with Crippen molar-refractivity contribution < 1.29 is 4.79 Å². The summed E-state index contributed by atoms with van der Waals surface area (Å²) in [6.45, 7) is 6.42. The van der Waals surface area contributed by atoms with Gasteiger partial charge in [-0.25, -0.2) is 0 Å². The maximum absolute atomic E-state index is 13.0. The van der Waals surface area contributed by atoms with Crippen molar-refractivity contribution in [1.29, 1.82) is 0 Å². The molecule has 1 N–H and O–H groups in total. The molecule has 0 aromatic heterocycles. The largest absolute Gasteiger partial charge is 0.336 e. The zero-order valence-corrected chi connectivity index (χ0v) is 17.0. The summed E-state index contributed by atoms with van der Waals surface area (Å²) < 4.78 is 0. The van der Waals surface area contributed by atoms with Crippen molar-refractivity contribution in [3.05, 3.63) is 70.2 Å². The van der Waals surface area contributed by atoms with Crippen LogP contribution in [0.3, 0.4) is 0 Å². The summed E-state index contributed by atoms with van der Waals surface area (Å²) >= 11 is 6.09. The number of carbonyl (C=O) groups excluding carboxylic acids is 1. The molecule has 2 aromatic rings. The summed E-state index contributed by atoms with van der Waals surface area (Å²) in [4.78, 5) is 17.4. The monoisotopic (exact) mass is 397 g/mol. The maximum Gasteiger partial charge on any atom is 0.253 e. The van der Waals surface area contributed by atoms with Gasteiger partial charge in [-0.05, 0) is 67.2 Å². The lowest BCUT2D eigenvalue weighted by Crippen LogP contribution is -2.48. The van der Waals surface area contributed by atoms with E-state index in [1.807, 2.05) is 35.2 Å². The van der Waals surface area contributed by atoms with Crippen LogP contribution in [-0.2, 0) is 13.0 Å². The van der Waals surface area contributed by atoms with Crippen molar-refractivity contribution in [3.63, 3.8) is 0 Å². The van der Waals surface area contributed by atoms with E-state index in [0.29, 0.717) is 5.92 Å². The quantitative estimate of drug-likeness (QED) is 0.839. The fourth-order valence-corrected chi connectivity index (χ4v) is 4.45. The van der Waals surface area contributed by atoms with Crippen LogP contribution < -0.4 is 5.32 Å². The predicted octanol–water partition coefficient (Wildman–Crippen LogP) is 3.45.